The van der Waals surface area contributed by atoms with Crippen molar-refractivity contribution in [1.82, 2.24) is 4.90 Å². The van der Waals surface area contributed by atoms with Gasteiger partial charge < -0.3 is 4.90 Å². The molecule has 0 radical (unpaired) electrons. The highest BCUT2D eigenvalue weighted by Gasteiger charge is 2.09. The molecule has 1 aliphatic rings. The molecule has 0 unspecified atom stereocenters. The van der Waals surface area contributed by atoms with Gasteiger partial charge in [0, 0.05) is 6.54 Å². The summed E-state index contributed by atoms with van der Waals surface area (Å²) in [6.45, 7) is 3.28. The van der Waals surface area contributed by atoms with Crippen LogP contribution in [0, 0.1) is 10.1 Å². The highest BCUT2D eigenvalue weighted by atomic mass is 16.6. The lowest BCUT2D eigenvalue weighted by atomic mass is 10.4. The molecule has 0 amide bonds. The molecule has 0 N–H and O–H groups in total. The first-order chi connectivity index (χ1) is 5.79. The molecular formula is C8H14N2O2. The van der Waals surface area contributed by atoms with E-state index in [0.717, 1.165) is 32.3 Å². The molecular weight excluding hydrogens is 156 g/mol. The van der Waals surface area contributed by atoms with Gasteiger partial charge in [0.2, 0.25) is 6.20 Å². The summed E-state index contributed by atoms with van der Waals surface area (Å²) >= 11 is 0. The zero-order valence-electron chi connectivity index (χ0n) is 7.11. The molecule has 0 aromatic heterocycles. The summed E-state index contributed by atoms with van der Waals surface area (Å²) in [6, 6.07) is 0. The molecule has 1 heterocycles. The van der Waals surface area contributed by atoms with Crippen LogP contribution in [0.3, 0.4) is 0 Å². The fourth-order valence-corrected chi connectivity index (χ4v) is 1.42. The predicted octanol–water partition coefficient (Wildman–Crippen LogP) is 1.26. The Morgan fingerprint density at radius 2 is 2.08 bits per heavy atom. The van der Waals surface area contributed by atoms with Crippen molar-refractivity contribution in [2.75, 3.05) is 19.6 Å². The number of likely N-dealkylation sites (tertiary alicyclic amines) is 1. The van der Waals surface area contributed by atoms with Crippen LogP contribution in [0.4, 0.5) is 0 Å². The Hall–Kier alpha value is -0.900. The number of rotatable bonds is 4. The van der Waals surface area contributed by atoms with E-state index in [1.54, 1.807) is 6.08 Å². The lowest BCUT2D eigenvalue weighted by molar-refractivity contribution is -0.402. The molecule has 0 aliphatic carbocycles. The third-order valence-corrected chi connectivity index (χ3v) is 2.04. The molecule has 1 fully saturated rings. The van der Waals surface area contributed by atoms with Crippen LogP contribution < -0.4 is 0 Å². The standard InChI is InChI=1S/C8H14N2O2/c11-10(12)8-4-3-7-9-5-1-2-6-9/h4,8H,1-3,5-7H2/b8-4+. The van der Waals surface area contributed by atoms with E-state index in [1.807, 2.05) is 0 Å². The summed E-state index contributed by atoms with van der Waals surface area (Å²) in [5, 5.41) is 9.90. The number of nitrogens with zero attached hydrogens (tertiary/aromatic N) is 2. The maximum absolute atomic E-state index is 9.90. The molecule has 68 valence electrons. The van der Waals surface area contributed by atoms with E-state index in [0.29, 0.717) is 0 Å². The van der Waals surface area contributed by atoms with Crippen molar-refractivity contribution in [3.05, 3.63) is 22.4 Å². The molecule has 4 heteroatoms. The van der Waals surface area contributed by atoms with Crippen LogP contribution in [0.1, 0.15) is 19.3 Å². The first kappa shape index (κ1) is 9.19. The van der Waals surface area contributed by atoms with Gasteiger partial charge in [-0.15, -0.1) is 0 Å². The number of nitro groups is 1. The Morgan fingerprint density at radius 1 is 1.42 bits per heavy atom. The van der Waals surface area contributed by atoms with Gasteiger partial charge in [0.15, 0.2) is 0 Å². The molecule has 1 rings (SSSR count). The van der Waals surface area contributed by atoms with E-state index in [9.17, 15) is 10.1 Å². The van der Waals surface area contributed by atoms with E-state index in [2.05, 4.69) is 4.90 Å². The Balaban J connectivity index is 2.05. The van der Waals surface area contributed by atoms with Gasteiger partial charge >= 0.3 is 0 Å². The second kappa shape index (κ2) is 4.87. The zero-order valence-corrected chi connectivity index (χ0v) is 7.11. The molecule has 1 saturated heterocycles. The minimum Gasteiger partial charge on any atom is -0.303 e. The molecule has 0 saturated carbocycles. The second-order valence-corrected chi connectivity index (χ2v) is 3.01. The van der Waals surface area contributed by atoms with Crippen molar-refractivity contribution in [1.29, 1.82) is 0 Å². The molecule has 0 spiro atoms. The quantitative estimate of drug-likeness (QED) is 0.471. The summed E-state index contributed by atoms with van der Waals surface area (Å²) in [6.07, 6.45) is 5.99. The van der Waals surface area contributed by atoms with Crippen molar-refractivity contribution in [3.8, 4) is 0 Å². The highest BCUT2D eigenvalue weighted by molar-refractivity contribution is 4.76. The van der Waals surface area contributed by atoms with Crippen molar-refractivity contribution < 1.29 is 4.92 Å². The van der Waals surface area contributed by atoms with Gasteiger partial charge in [-0.3, -0.25) is 10.1 Å². The summed E-state index contributed by atoms with van der Waals surface area (Å²) < 4.78 is 0. The topological polar surface area (TPSA) is 46.4 Å². The summed E-state index contributed by atoms with van der Waals surface area (Å²) in [4.78, 5) is 11.8. The average molecular weight is 170 g/mol. The maximum Gasteiger partial charge on any atom is 0.230 e. The lowest BCUT2D eigenvalue weighted by Gasteiger charge is -2.11. The monoisotopic (exact) mass is 170 g/mol. The van der Waals surface area contributed by atoms with Crippen molar-refractivity contribution >= 4 is 0 Å². The lowest BCUT2D eigenvalue weighted by Crippen LogP contribution is -2.19. The van der Waals surface area contributed by atoms with Crippen molar-refractivity contribution in [2.45, 2.75) is 19.3 Å². The zero-order chi connectivity index (χ0) is 8.81. The van der Waals surface area contributed by atoms with Gasteiger partial charge in [-0.05, 0) is 38.4 Å². The van der Waals surface area contributed by atoms with Gasteiger partial charge in [0.25, 0.3) is 0 Å². The molecule has 4 nitrogen and oxygen atoms in total. The largest absolute Gasteiger partial charge is 0.303 e. The molecule has 1 aliphatic heterocycles. The molecule has 0 atom stereocenters. The fourth-order valence-electron chi connectivity index (χ4n) is 1.42. The average Bonchev–Trinajstić information content (AvgIpc) is 2.49. The second-order valence-electron chi connectivity index (χ2n) is 3.01. The number of hydrogen-bond donors (Lipinski definition) is 0. The van der Waals surface area contributed by atoms with Crippen LogP contribution >= 0.6 is 0 Å². The van der Waals surface area contributed by atoms with Crippen molar-refractivity contribution in [2.24, 2.45) is 0 Å². The first-order valence-corrected chi connectivity index (χ1v) is 4.31. The first-order valence-electron chi connectivity index (χ1n) is 4.31. The van der Waals surface area contributed by atoms with Crippen LogP contribution in [0.2, 0.25) is 0 Å². The molecule has 12 heavy (non-hydrogen) atoms. The minimum atomic E-state index is -0.413. The normalized spacial score (nSPS) is 19.0. The minimum absolute atomic E-state index is 0.413. The van der Waals surface area contributed by atoms with Crippen LogP contribution in [0.25, 0.3) is 0 Å². The smallest absolute Gasteiger partial charge is 0.230 e. The third-order valence-electron chi connectivity index (χ3n) is 2.04. The summed E-state index contributed by atoms with van der Waals surface area (Å²) in [5.74, 6) is 0. The summed E-state index contributed by atoms with van der Waals surface area (Å²) in [5.41, 5.74) is 0. The predicted molar refractivity (Wildman–Crippen MR) is 46.4 cm³/mol. The van der Waals surface area contributed by atoms with E-state index >= 15 is 0 Å². The Kier molecular flexibility index (Phi) is 3.73. The fraction of sp³-hybridized carbons (Fsp3) is 0.750. The molecule has 0 bridgehead atoms. The van der Waals surface area contributed by atoms with E-state index in [-0.39, 0.29) is 0 Å². The van der Waals surface area contributed by atoms with E-state index in [1.165, 1.54) is 12.8 Å². The molecule has 0 aromatic carbocycles. The van der Waals surface area contributed by atoms with Crippen LogP contribution in [-0.4, -0.2) is 29.5 Å². The SMILES string of the molecule is O=[N+]([O-])/C=C/CCN1CCCC1. The van der Waals surface area contributed by atoms with Gasteiger partial charge in [-0.25, -0.2) is 0 Å². The summed E-state index contributed by atoms with van der Waals surface area (Å²) in [7, 11) is 0. The highest BCUT2D eigenvalue weighted by Crippen LogP contribution is 2.07. The van der Waals surface area contributed by atoms with Crippen molar-refractivity contribution in [3.63, 3.8) is 0 Å². The third kappa shape index (κ3) is 3.48. The molecule has 0 aromatic rings. The van der Waals surface area contributed by atoms with Crippen LogP contribution in [0.5, 0.6) is 0 Å². The van der Waals surface area contributed by atoms with Crippen LogP contribution in [0.15, 0.2) is 12.3 Å². The van der Waals surface area contributed by atoms with Gasteiger partial charge in [-0.2, -0.15) is 0 Å². The Bertz CT molecular complexity index is 174. The Labute approximate surface area is 72.0 Å². The maximum atomic E-state index is 9.90. The van der Waals surface area contributed by atoms with E-state index in [4.69, 9.17) is 0 Å². The van der Waals surface area contributed by atoms with Gasteiger partial charge in [0.1, 0.15) is 0 Å². The van der Waals surface area contributed by atoms with E-state index < -0.39 is 4.92 Å². The number of hydrogen-bond acceptors (Lipinski definition) is 3. The van der Waals surface area contributed by atoms with Crippen LogP contribution in [-0.2, 0) is 0 Å². The van der Waals surface area contributed by atoms with Gasteiger partial charge in [0.05, 0.1) is 4.92 Å². The Morgan fingerprint density at radius 3 is 2.67 bits per heavy atom. The van der Waals surface area contributed by atoms with Gasteiger partial charge in [-0.1, -0.05) is 0 Å².